The van der Waals surface area contributed by atoms with Crippen LogP contribution in [0.25, 0.3) is 0 Å². The molecule has 0 aliphatic rings. The molecule has 0 rings (SSSR count). The van der Waals surface area contributed by atoms with E-state index in [4.69, 9.17) is 0 Å². The minimum absolute atomic E-state index is 0.502. The zero-order valence-electron chi connectivity index (χ0n) is 7.81. The molecule has 0 heterocycles. The number of hydrogen-bond donors (Lipinski definition) is 1. The first-order chi connectivity index (χ1) is 5.20. The maximum Gasteiger partial charge on any atom is 0.221 e. The molecule has 0 saturated carbocycles. The number of nitrogens with one attached hydrogen (secondary N) is 1. The maximum absolute atomic E-state index is 3.76. The molecule has 0 aromatic rings. The highest BCUT2D eigenvalue weighted by molar-refractivity contribution is 5.85. The summed E-state index contributed by atoms with van der Waals surface area (Å²) in [5.41, 5.74) is 0.808. The van der Waals surface area contributed by atoms with Crippen molar-refractivity contribution in [3.05, 3.63) is 12.3 Å². The number of hydrogen-bond acceptors (Lipinski definition) is 1. The van der Waals surface area contributed by atoms with Gasteiger partial charge in [-0.05, 0) is 13.6 Å². The molecule has 0 fully saturated rings. The van der Waals surface area contributed by atoms with Gasteiger partial charge in [-0.15, -0.1) is 0 Å². The lowest BCUT2D eigenvalue weighted by atomic mass is 10.6. The molecular formula is C8H17N3. The van der Waals surface area contributed by atoms with Crippen molar-refractivity contribution in [3.8, 4) is 0 Å². The summed E-state index contributed by atoms with van der Waals surface area (Å²) in [6, 6.07) is 0. The van der Waals surface area contributed by atoms with Crippen molar-refractivity contribution in [2.75, 3.05) is 7.05 Å². The number of allylic oxidation sites excluding steroid dienone is 1. The summed E-state index contributed by atoms with van der Waals surface area (Å²) in [6.45, 7) is 12.7. The second kappa shape index (κ2) is 8.88. The predicted octanol–water partition coefficient (Wildman–Crippen LogP) is 1.82. The van der Waals surface area contributed by atoms with Crippen LogP contribution in [0, 0.1) is 0 Å². The van der Waals surface area contributed by atoms with Crippen molar-refractivity contribution in [1.82, 2.24) is 5.32 Å². The van der Waals surface area contributed by atoms with Crippen LogP contribution in [0.15, 0.2) is 22.3 Å². The molecule has 0 radical (unpaired) electrons. The largest absolute Gasteiger partial charge is 0.329 e. The van der Waals surface area contributed by atoms with Gasteiger partial charge in [0.1, 0.15) is 0 Å². The summed E-state index contributed by atoms with van der Waals surface area (Å²) >= 11 is 0. The molecule has 0 aliphatic heterocycles. The second-order valence-electron chi connectivity index (χ2n) is 1.61. The lowest BCUT2D eigenvalue weighted by molar-refractivity contribution is 1.09. The molecule has 0 aliphatic carbocycles. The summed E-state index contributed by atoms with van der Waals surface area (Å²) in [7, 11) is 1.64. The van der Waals surface area contributed by atoms with Gasteiger partial charge in [0.15, 0.2) is 0 Å². The van der Waals surface area contributed by atoms with E-state index in [-0.39, 0.29) is 0 Å². The monoisotopic (exact) mass is 155 g/mol. The van der Waals surface area contributed by atoms with Gasteiger partial charge in [-0.25, -0.2) is 4.99 Å². The molecule has 0 bridgehead atoms. The first-order valence-corrected chi connectivity index (χ1v) is 3.56. The Balaban J connectivity index is 0. The highest BCUT2D eigenvalue weighted by Gasteiger charge is 1.87. The van der Waals surface area contributed by atoms with E-state index in [9.17, 15) is 0 Å². The molecule has 0 aromatic heterocycles. The van der Waals surface area contributed by atoms with E-state index in [1.165, 1.54) is 0 Å². The SMILES string of the molecule is C=NC(=NC)NC(=C)C.CC. The third-order valence-corrected chi connectivity index (χ3v) is 0.687. The van der Waals surface area contributed by atoms with Gasteiger partial charge in [0, 0.05) is 12.7 Å². The van der Waals surface area contributed by atoms with Gasteiger partial charge in [0.25, 0.3) is 0 Å². The van der Waals surface area contributed by atoms with Crippen molar-refractivity contribution in [3.63, 3.8) is 0 Å². The third kappa shape index (κ3) is 8.88. The fourth-order valence-electron chi connectivity index (χ4n) is 0.357. The van der Waals surface area contributed by atoms with Crippen LogP contribution >= 0.6 is 0 Å². The Bertz CT molecular complexity index is 147. The van der Waals surface area contributed by atoms with Gasteiger partial charge in [-0.2, -0.15) is 0 Å². The highest BCUT2D eigenvalue weighted by atomic mass is 15.1. The average molecular weight is 155 g/mol. The van der Waals surface area contributed by atoms with Crippen molar-refractivity contribution in [2.24, 2.45) is 9.98 Å². The standard InChI is InChI=1S/C6H11N3.C2H6/c1-5(2)9-6(7-3)8-4;1-2/h1,3H2,2,4H3,(H,8,9);1-2H3. The fourth-order valence-corrected chi connectivity index (χ4v) is 0.357. The first kappa shape index (κ1) is 12.5. The summed E-state index contributed by atoms with van der Waals surface area (Å²) in [4.78, 5) is 7.34. The summed E-state index contributed by atoms with van der Waals surface area (Å²) in [5, 5.41) is 2.81. The Morgan fingerprint density at radius 3 is 1.91 bits per heavy atom. The van der Waals surface area contributed by atoms with Crippen molar-refractivity contribution in [1.29, 1.82) is 0 Å². The Kier molecular flexibility index (Phi) is 10.1. The normalized spacial score (nSPS) is 9.27. The summed E-state index contributed by atoms with van der Waals surface area (Å²) in [5.74, 6) is 0.502. The molecule has 0 unspecified atom stereocenters. The minimum atomic E-state index is 0.502. The van der Waals surface area contributed by atoms with Crippen LogP contribution in [0.3, 0.4) is 0 Å². The van der Waals surface area contributed by atoms with E-state index in [0.29, 0.717) is 5.96 Å². The molecule has 64 valence electrons. The van der Waals surface area contributed by atoms with Crippen LogP contribution in [-0.4, -0.2) is 19.7 Å². The van der Waals surface area contributed by atoms with E-state index >= 15 is 0 Å². The molecule has 0 amide bonds. The van der Waals surface area contributed by atoms with Crippen LogP contribution < -0.4 is 5.32 Å². The van der Waals surface area contributed by atoms with Crippen molar-refractivity contribution < 1.29 is 0 Å². The van der Waals surface area contributed by atoms with E-state index in [1.54, 1.807) is 7.05 Å². The molecule has 0 saturated heterocycles. The van der Waals surface area contributed by atoms with Crippen molar-refractivity contribution >= 4 is 12.7 Å². The Hall–Kier alpha value is -1.12. The molecule has 3 nitrogen and oxygen atoms in total. The maximum atomic E-state index is 3.76. The van der Waals surface area contributed by atoms with Crippen LogP contribution in [-0.2, 0) is 0 Å². The number of nitrogens with zero attached hydrogens (tertiary/aromatic N) is 2. The Labute approximate surface area is 69.0 Å². The van der Waals surface area contributed by atoms with E-state index in [0.717, 1.165) is 5.70 Å². The number of rotatable bonds is 1. The molecule has 0 aromatic carbocycles. The van der Waals surface area contributed by atoms with Gasteiger partial charge in [0.05, 0.1) is 0 Å². The van der Waals surface area contributed by atoms with Crippen LogP contribution in [0.4, 0.5) is 0 Å². The molecular weight excluding hydrogens is 138 g/mol. The Morgan fingerprint density at radius 2 is 1.82 bits per heavy atom. The smallest absolute Gasteiger partial charge is 0.221 e. The van der Waals surface area contributed by atoms with Crippen LogP contribution in [0.2, 0.25) is 0 Å². The summed E-state index contributed by atoms with van der Waals surface area (Å²) < 4.78 is 0. The van der Waals surface area contributed by atoms with Crippen molar-refractivity contribution in [2.45, 2.75) is 20.8 Å². The quantitative estimate of drug-likeness (QED) is 0.455. The number of guanidine groups is 1. The van der Waals surface area contributed by atoms with Crippen LogP contribution in [0.1, 0.15) is 20.8 Å². The van der Waals surface area contributed by atoms with Crippen LogP contribution in [0.5, 0.6) is 0 Å². The lowest BCUT2D eigenvalue weighted by Crippen LogP contribution is -2.17. The van der Waals surface area contributed by atoms with E-state index < -0.39 is 0 Å². The lowest BCUT2D eigenvalue weighted by Gasteiger charge is -2.00. The molecule has 1 N–H and O–H groups in total. The average Bonchev–Trinajstić information content (AvgIpc) is 2.03. The highest BCUT2D eigenvalue weighted by Crippen LogP contribution is 1.80. The fraction of sp³-hybridized carbons (Fsp3) is 0.500. The molecule has 0 atom stereocenters. The van der Waals surface area contributed by atoms with Gasteiger partial charge >= 0.3 is 0 Å². The van der Waals surface area contributed by atoms with E-state index in [1.807, 2.05) is 20.8 Å². The first-order valence-electron chi connectivity index (χ1n) is 3.56. The zero-order chi connectivity index (χ0) is 9.28. The van der Waals surface area contributed by atoms with Gasteiger partial charge < -0.3 is 5.32 Å². The van der Waals surface area contributed by atoms with Gasteiger partial charge in [0.2, 0.25) is 5.96 Å². The third-order valence-electron chi connectivity index (χ3n) is 0.687. The van der Waals surface area contributed by atoms with Gasteiger partial charge in [-0.1, -0.05) is 20.4 Å². The molecule has 3 heteroatoms. The minimum Gasteiger partial charge on any atom is -0.329 e. The predicted molar refractivity (Wildman–Crippen MR) is 52.2 cm³/mol. The summed E-state index contributed by atoms with van der Waals surface area (Å²) in [6.07, 6.45) is 0. The molecule has 0 spiro atoms. The zero-order valence-corrected chi connectivity index (χ0v) is 7.81. The van der Waals surface area contributed by atoms with Gasteiger partial charge in [-0.3, -0.25) is 4.99 Å². The Morgan fingerprint density at radius 1 is 1.36 bits per heavy atom. The number of aliphatic imine (C=N–C) groups is 2. The van der Waals surface area contributed by atoms with E-state index in [2.05, 4.69) is 28.6 Å². The molecule has 11 heavy (non-hydrogen) atoms. The topological polar surface area (TPSA) is 36.8 Å². The second-order valence-corrected chi connectivity index (χ2v) is 1.61.